The van der Waals surface area contributed by atoms with Crippen molar-refractivity contribution in [1.29, 1.82) is 0 Å². The van der Waals surface area contributed by atoms with E-state index in [9.17, 15) is 4.79 Å². The van der Waals surface area contributed by atoms with Crippen molar-refractivity contribution < 1.29 is 19.0 Å². The lowest BCUT2D eigenvalue weighted by Crippen LogP contribution is -2.12. The van der Waals surface area contributed by atoms with E-state index in [-0.39, 0.29) is 5.78 Å². The van der Waals surface area contributed by atoms with Gasteiger partial charge in [0.15, 0.2) is 5.78 Å². The summed E-state index contributed by atoms with van der Waals surface area (Å²) in [7, 11) is 4.68. The lowest BCUT2D eigenvalue weighted by molar-refractivity contribution is 0.103. The second-order valence-corrected chi connectivity index (χ2v) is 3.72. The van der Waals surface area contributed by atoms with E-state index in [0.717, 1.165) is 5.56 Å². The minimum absolute atomic E-state index is 0.0948. The molecular weight excluding hydrogens is 220 g/mol. The van der Waals surface area contributed by atoms with Gasteiger partial charge in [0.05, 0.1) is 26.9 Å². The lowest BCUT2D eigenvalue weighted by Gasteiger charge is -2.18. The molecule has 0 saturated heterocycles. The number of rotatable bonds is 3. The molecule has 2 rings (SSSR count). The summed E-state index contributed by atoms with van der Waals surface area (Å²) in [5, 5.41) is 0. The van der Waals surface area contributed by atoms with Gasteiger partial charge in [-0.15, -0.1) is 0 Å². The maximum absolute atomic E-state index is 12.0. The molecular formula is C13H14O4. The fraction of sp³-hybridized carbons (Fsp3) is 0.308. The summed E-state index contributed by atoms with van der Waals surface area (Å²) in [6.07, 6.45) is 2.07. The fourth-order valence-electron chi connectivity index (χ4n) is 1.93. The van der Waals surface area contributed by atoms with Gasteiger partial charge in [0, 0.05) is 18.6 Å². The van der Waals surface area contributed by atoms with E-state index in [1.807, 2.05) is 6.07 Å². The first kappa shape index (κ1) is 11.5. The molecule has 0 N–H and O–H groups in total. The molecule has 0 saturated carbocycles. The van der Waals surface area contributed by atoms with Crippen LogP contribution in [0.15, 0.2) is 24.0 Å². The number of ketones is 1. The highest BCUT2D eigenvalue weighted by Gasteiger charge is 2.23. The van der Waals surface area contributed by atoms with Crippen LogP contribution in [0, 0.1) is 0 Å². The van der Waals surface area contributed by atoms with E-state index in [0.29, 0.717) is 29.2 Å². The number of fused-ring (bicyclic) bond motifs is 1. The van der Waals surface area contributed by atoms with Crippen LogP contribution in [0.3, 0.4) is 0 Å². The van der Waals surface area contributed by atoms with Gasteiger partial charge >= 0.3 is 0 Å². The van der Waals surface area contributed by atoms with Crippen LogP contribution >= 0.6 is 0 Å². The molecule has 1 aliphatic carbocycles. The van der Waals surface area contributed by atoms with Gasteiger partial charge in [-0.05, 0) is 11.6 Å². The van der Waals surface area contributed by atoms with Crippen LogP contribution < -0.4 is 9.47 Å². The number of hydrogen-bond donors (Lipinski definition) is 0. The van der Waals surface area contributed by atoms with Crippen LogP contribution in [0.5, 0.6) is 11.5 Å². The highest BCUT2D eigenvalue weighted by Crippen LogP contribution is 2.33. The van der Waals surface area contributed by atoms with Crippen molar-refractivity contribution in [3.05, 3.63) is 35.1 Å². The Bertz CT molecular complexity index is 488. The summed E-state index contributed by atoms with van der Waals surface area (Å²) in [5.74, 6) is 1.77. The largest absolute Gasteiger partial charge is 0.501 e. The molecule has 0 spiro atoms. The molecule has 0 amide bonds. The summed E-state index contributed by atoms with van der Waals surface area (Å²) in [4.78, 5) is 12.0. The summed E-state index contributed by atoms with van der Waals surface area (Å²) in [5.41, 5.74) is 1.46. The Morgan fingerprint density at radius 3 is 2.41 bits per heavy atom. The zero-order valence-electron chi connectivity index (χ0n) is 10.1. The standard InChI is InChI=1S/C13H14O4/c1-15-9-4-8-5-10(16-2)7-12(17-3)13(8)11(14)6-9/h5-7H,4H2,1-3H3. The van der Waals surface area contributed by atoms with Crippen molar-refractivity contribution in [2.45, 2.75) is 6.42 Å². The molecule has 0 bridgehead atoms. The van der Waals surface area contributed by atoms with E-state index in [2.05, 4.69) is 0 Å². The number of ether oxygens (including phenoxy) is 3. The summed E-state index contributed by atoms with van der Waals surface area (Å²) < 4.78 is 15.5. The number of carbonyl (C=O) groups is 1. The van der Waals surface area contributed by atoms with Gasteiger partial charge in [-0.3, -0.25) is 4.79 Å². The molecule has 0 aromatic heterocycles. The summed E-state index contributed by atoms with van der Waals surface area (Å²) >= 11 is 0. The van der Waals surface area contributed by atoms with Crippen LogP contribution in [-0.2, 0) is 11.2 Å². The maximum Gasteiger partial charge on any atom is 0.193 e. The van der Waals surface area contributed by atoms with Gasteiger partial charge in [0.25, 0.3) is 0 Å². The Morgan fingerprint density at radius 1 is 1.06 bits per heavy atom. The second kappa shape index (κ2) is 4.49. The first-order valence-electron chi connectivity index (χ1n) is 5.23. The molecule has 0 heterocycles. The van der Waals surface area contributed by atoms with Gasteiger partial charge in [-0.2, -0.15) is 0 Å². The average molecular weight is 234 g/mol. The van der Waals surface area contributed by atoms with Gasteiger partial charge in [-0.25, -0.2) is 0 Å². The van der Waals surface area contributed by atoms with Gasteiger partial charge in [0.1, 0.15) is 17.3 Å². The molecule has 4 heteroatoms. The predicted octanol–water partition coefficient (Wildman–Crippen LogP) is 1.97. The van der Waals surface area contributed by atoms with Crippen LogP contribution in [0.1, 0.15) is 15.9 Å². The molecule has 90 valence electrons. The Kier molecular flexibility index (Phi) is 3.04. The van der Waals surface area contributed by atoms with Crippen LogP contribution in [0.25, 0.3) is 0 Å². The van der Waals surface area contributed by atoms with Crippen LogP contribution in [-0.4, -0.2) is 27.1 Å². The number of carbonyl (C=O) groups excluding carboxylic acids is 1. The van der Waals surface area contributed by atoms with E-state index in [1.54, 1.807) is 20.3 Å². The third-order valence-corrected chi connectivity index (χ3v) is 2.78. The van der Waals surface area contributed by atoms with Gasteiger partial charge in [0.2, 0.25) is 0 Å². The average Bonchev–Trinajstić information content (AvgIpc) is 2.36. The molecule has 17 heavy (non-hydrogen) atoms. The van der Waals surface area contributed by atoms with Crippen molar-refractivity contribution >= 4 is 5.78 Å². The molecule has 0 atom stereocenters. The summed E-state index contributed by atoms with van der Waals surface area (Å²) in [6.45, 7) is 0. The summed E-state index contributed by atoms with van der Waals surface area (Å²) in [6, 6.07) is 3.55. The lowest BCUT2D eigenvalue weighted by atomic mass is 9.93. The topological polar surface area (TPSA) is 44.8 Å². The third-order valence-electron chi connectivity index (χ3n) is 2.78. The van der Waals surface area contributed by atoms with Crippen molar-refractivity contribution in [1.82, 2.24) is 0 Å². The Labute approximate surface area is 99.8 Å². The minimum Gasteiger partial charge on any atom is -0.501 e. The smallest absolute Gasteiger partial charge is 0.193 e. The molecule has 0 radical (unpaired) electrons. The molecule has 4 nitrogen and oxygen atoms in total. The van der Waals surface area contributed by atoms with E-state index >= 15 is 0 Å². The van der Waals surface area contributed by atoms with Crippen molar-refractivity contribution in [2.24, 2.45) is 0 Å². The zero-order chi connectivity index (χ0) is 12.4. The minimum atomic E-state index is -0.0948. The van der Waals surface area contributed by atoms with Crippen molar-refractivity contribution in [2.75, 3.05) is 21.3 Å². The van der Waals surface area contributed by atoms with E-state index in [1.165, 1.54) is 13.2 Å². The van der Waals surface area contributed by atoms with Crippen LogP contribution in [0.2, 0.25) is 0 Å². The first-order valence-corrected chi connectivity index (χ1v) is 5.23. The van der Waals surface area contributed by atoms with Crippen molar-refractivity contribution in [3.8, 4) is 11.5 Å². The highest BCUT2D eigenvalue weighted by molar-refractivity contribution is 6.09. The molecule has 1 aliphatic rings. The molecule has 1 aromatic carbocycles. The van der Waals surface area contributed by atoms with E-state index in [4.69, 9.17) is 14.2 Å². The van der Waals surface area contributed by atoms with Crippen molar-refractivity contribution in [3.63, 3.8) is 0 Å². The second-order valence-electron chi connectivity index (χ2n) is 3.72. The van der Waals surface area contributed by atoms with E-state index < -0.39 is 0 Å². The quantitative estimate of drug-likeness (QED) is 0.802. The molecule has 0 unspecified atom stereocenters. The highest BCUT2D eigenvalue weighted by atomic mass is 16.5. The Morgan fingerprint density at radius 2 is 1.82 bits per heavy atom. The number of hydrogen-bond acceptors (Lipinski definition) is 4. The Balaban J connectivity index is 2.55. The number of benzene rings is 1. The SMILES string of the molecule is COC1=CC(=O)c2c(cc(OC)cc2OC)C1. The Hall–Kier alpha value is -1.97. The first-order chi connectivity index (χ1) is 8.19. The number of methoxy groups -OCH3 is 3. The maximum atomic E-state index is 12.0. The predicted molar refractivity (Wildman–Crippen MR) is 62.7 cm³/mol. The normalized spacial score (nSPS) is 13.8. The molecule has 0 aliphatic heterocycles. The molecule has 0 fully saturated rings. The fourth-order valence-corrected chi connectivity index (χ4v) is 1.93. The molecule has 1 aromatic rings. The zero-order valence-corrected chi connectivity index (χ0v) is 10.1. The number of allylic oxidation sites excluding steroid dienone is 2. The monoisotopic (exact) mass is 234 g/mol. The van der Waals surface area contributed by atoms with Gasteiger partial charge < -0.3 is 14.2 Å². The third kappa shape index (κ3) is 1.98. The van der Waals surface area contributed by atoms with Gasteiger partial charge in [-0.1, -0.05) is 0 Å². The van der Waals surface area contributed by atoms with Crippen LogP contribution in [0.4, 0.5) is 0 Å².